The lowest BCUT2D eigenvalue weighted by Gasteiger charge is -2.05. The fourth-order valence-electron chi connectivity index (χ4n) is 2.06. The molecule has 0 radical (unpaired) electrons. The summed E-state index contributed by atoms with van der Waals surface area (Å²) in [5.41, 5.74) is 1.66. The van der Waals surface area contributed by atoms with Crippen molar-refractivity contribution in [3.63, 3.8) is 0 Å². The molecule has 0 saturated carbocycles. The van der Waals surface area contributed by atoms with Crippen LogP contribution in [0.3, 0.4) is 0 Å². The Labute approximate surface area is 140 Å². The maximum Gasteiger partial charge on any atom is 0.191 e. The van der Waals surface area contributed by atoms with Gasteiger partial charge in [0.25, 0.3) is 0 Å². The van der Waals surface area contributed by atoms with Gasteiger partial charge in [-0.15, -0.1) is 10.2 Å². The number of hydrogen-bond donors (Lipinski definition) is 0. The van der Waals surface area contributed by atoms with Crippen molar-refractivity contribution in [2.75, 3.05) is 0 Å². The van der Waals surface area contributed by atoms with Gasteiger partial charge in [0, 0.05) is 22.8 Å². The maximum atomic E-state index is 13.8. The number of hydrogen-bond acceptors (Lipinski definition) is 3. The Morgan fingerprint density at radius 2 is 1.91 bits per heavy atom. The van der Waals surface area contributed by atoms with Gasteiger partial charge in [0.2, 0.25) is 0 Å². The molecule has 0 bridgehead atoms. The molecule has 0 amide bonds. The Bertz CT molecular complexity index is 789. The average Bonchev–Trinajstić information content (AvgIpc) is 2.88. The summed E-state index contributed by atoms with van der Waals surface area (Å²) in [5, 5.41) is 9.19. The Kier molecular flexibility index (Phi) is 4.59. The predicted molar refractivity (Wildman–Crippen MR) is 90.1 cm³/mol. The van der Waals surface area contributed by atoms with E-state index in [1.54, 1.807) is 6.07 Å². The fraction of sp³-hybridized carbons (Fsp3) is 0.125. The van der Waals surface area contributed by atoms with Crippen molar-refractivity contribution in [3.8, 4) is 11.4 Å². The summed E-state index contributed by atoms with van der Waals surface area (Å²) in [6, 6.07) is 15.0. The lowest BCUT2D eigenvalue weighted by Crippen LogP contribution is -1.95. The standard InChI is InChI=1S/C16H13BrFN3S/c1-21-15(11-5-3-2-4-6-11)19-20-16(21)22-10-12-7-8-13(17)9-14(12)18/h2-9H,10H2,1H3. The lowest BCUT2D eigenvalue weighted by molar-refractivity contribution is 0.616. The minimum absolute atomic E-state index is 0.215. The first-order valence-electron chi connectivity index (χ1n) is 6.66. The van der Waals surface area contributed by atoms with Crippen LogP contribution in [0.2, 0.25) is 0 Å². The molecule has 112 valence electrons. The van der Waals surface area contributed by atoms with Gasteiger partial charge in [-0.1, -0.05) is 64.1 Å². The number of thioether (sulfide) groups is 1. The smallest absolute Gasteiger partial charge is 0.191 e. The van der Waals surface area contributed by atoms with Crippen LogP contribution in [0.5, 0.6) is 0 Å². The molecule has 0 aliphatic heterocycles. The summed E-state index contributed by atoms with van der Waals surface area (Å²) >= 11 is 4.73. The van der Waals surface area contributed by atoms with Gasteiger partial charge < -0.3 is 4.57 Å². The third-order valence-electron chi connectivity index (χ3n) is 3.24. The lowest BCUT2D eigenvalue weighted by atomic mass is 10.2. The van der Waals surface area contributed by atoms with E-state index >= 15 is 0 Å². The van der Waals surface area contributed by atoms with Crippen molar-refractivity contribution in [1.29, 1.82) is 0 Å². The number of benzene rings is 2. The average molecular weight is 378 g/mol. The van der Waals surface area contributed by atoms with Crippen LogP contribution < -0.4 is 0 Å². The molecule has 0 spiro atoms. The van der Waals surface area contributed by atoms with Crippen molar-refractivity contribution < 1.29 is 4.39 Å². The Hall–Kier alpha value is -1.66. The van der Waals surface area contributed by atoms with Gasteiger partial charge >= 0.3 is 0 Å². The number of halogens is 2. The van der Waals surface area contributed by atoms with Crippen molar-refractivity contribution in [1.82, 2.24) is 14.8 Å². The molecule has 1 heterocycles. The molecule has 0 aliphatic rings. The van der Waals surface area contributed by atoms with E-state index in [0.717, 1.165) is 21.0 Å². The van der Waals surface area contributed by atoms with Gasteiger partial charge in [-0.3, -0.25) is 0 Å². The highest BCUT2D eigenvalue weighted by Crippen LogP contribution is 2.26. The van der Waals surface area contributed by atoms with E-state index in [1.165, 1.54) is 17.8 Å². The first kappa shape index (κ1) is 15.2. The number of aromatic nitrogens is 3. The normalized spacial score (nSPS) is 10.9. The van der Waals surface area contributed by atoms with Crippen LogP contribution in [0.4, 0.5) is 4.39 Å². The largest absolute Gasteiger partial charge is 0.305 e. The summed E-state index contributed by atoms with van der Waals surface area (Å²) in [6.45, 7) is 0. The van der Waals surface area contributed by atoms with Crippen molar-refractivity contribution >= 4 is 27.7 Å². The molecule has 0 N–H and O–H groups in total. The second kappa shape index (κ2) is 6.62. The first-order chi connectivity index (χ1) is 10.6. The monoisotopic (exact) mass is 377 g/mol. The summed E-state index contributed by atoms with van der Waals surface area (Å²) in [5.74, 6) is 1.10. The Morgan fingerprint density at radius 1 is 1.14 bits per heavy atom. The van der Waals surface area contributed by atoms with E-state index in [4.69, 9.17) is 0 Å². The van der Waals surface area contributed by atoms with Crippen LogP contribution in [0, 0.1) is 5.82 Å². The Morgan fingerprint density at radius 3 is 2.64 bits per heavy atom. The molecule has 0 saturated heterocycles. The second-order valence-electron chi connectivity index (χ2n) is 4.76. The molecule has 0 unspecified atom stereocenters. The Balaban J connectivity index is 1.78. The third-order valence-corrected chi connectivity index (χ3v) is 4.80. The summed E-state index contributed by atoms with van der Waals surface area (Å²) in [7, 11) is 1.92. The minimum atomic E-state index is -0.215. The second-order valence-corrected chi connectivity index (χ2v) is 6.61. The number of rotatable bonds is 4. The van der Waals surface area contributed by atoms with Crippen LogP contribution in [0.15, 0.2) is 58.2 Å². The van der Waals surface area contributed by atoms with Crippen LogP contribution >= 0.6 is 27.7 Å². The molecule has 2 aromatic carbocycles. The fourth-order valence-corrected chi connectivity index (χ4v) is 3.29. The van der Waals surface area contributed by atoms with E-state index in [-0.39, 0.29) is 5.82 Å². The predicted octanol–water partition coefficient (Wildman–Crippen LogP) is 4.68. The van der Waals surface area contributed by atoms with E-state index in [0.29, 0.717) is 11.3 Å². The van der Waals surface area contributed by atoms with E-state index in [9.17, 15) is 4.39 Å². The molecule has 3 nitrogen and oxygen atoms in total. The molecular formula is C16H13BrFN3S. The van der Waals surface area contributed by atoms with Crippen molar-refractivity contribution in [2.45, 2.75) is 10.9 Å². The third kappa shape index (κ3) is 3.23. The summed E-state index contributed by atoms with van der Waals surface area (Å²) in [6.07, 6.45) is 0. The molecule has 3 rings (SSSR count). The van der Waals surface area contributed by atoms with Crippen molar-refractivity contribution in [2.24, 2.45) is 7.05 Å². The van der Waals surface area contributed by atoms with Gasteiger partial charge in [-0.05, 0) is 17.7 Å². The summed E-state index contributed by atoms with van der Waals surface area (Å²) < 4.78 is 16.5. The molecule has 0 atom stereocenters. The zero-order chi connectivity index (χ0) is 15.5. The molecular weight excluding hydrogens is 365 g/mol. The van der Waals surface area contributed by atoms with Crippen LogP contribution in [0.25, 0.3) is 11.4 Å². The maximum absolute atomic E-state index is 13.8. The molecule has 22 heavy (non-hydrogen) atoms. The highest BCUT2D eigenvalue weighted by atomic mass is 79.9. The SMILES string of the molecule is Cn1c(SCc2ccc(Br)cc2F)nnc1-c1ccccc1. The van der Waals surface area contributed by atoms with Crippen LogP contribution in [-0.2, 0) is 12.8 Å². The topological polar surface area (TPSA) is 30.7 Å². The molecule has 1 aromatic heterocycles. The molecule has 6 heteroatoms. The molecule has 0 aliphatic carbocycles. The van der Waals surface area contributed by atoms with Gasteiger partial charge in [0.05, 0.1) is 0 Å². The zero-order valence-corrected chi connectivity index (χ0v) is 14.2. The summed E-state index contributed by atoms with van der Waals surface area (Å²) in [4.78, 5) is 0. The molecule has 0 fully saturated rings. The van der Waals surface area contributed by atoms with E-state index in [2.05, 4.69) is 26.1 Å². The highest BCUT2D eigenvalue weighted by Gasteiger charge is 2.12. The van der Waals surface area contributed by atoms with Crippen LogP contribution in [0.1, 0.15) is 5.56 Å². The van der Waals surface area contributed by atoms with E-state index in [1.807, 2.05) is 48.0 Å². The van der Waals surface area contributed by atoms with Gasteiger partial charge in [0.1, 0.15) is 5.82 Å². The van der Waals surface area contributed by atoms with Gasteiger partial charge in [-0.25, -0.2) is 4.39 Å². The highest BCUT2D eigenvalue weighted by molar-refractivity contribution is 9.10. The quantitative estimate of drug-likeness (QED) is 0.618. The number of nitrogens with zero attached hydrogens (tertiary/aromatic N) is 3. The van der Waals surface area contributed by atoms with Gasteiger partial charge in [0.15, 0.2) is 11.0 Å². The molecule has 3 aromatic rings. The van der Waals surface area contributed by atoms with Crippen LogP contribution in [-0.4, -0.2) is 14.8 Å². The zero-order valence-electron chi connectivity index (χ0n) is 11.8. The first-order valence-corrected chi connectivity index (χ1v) is 8.44. The van der Waals surface area contributed by atoms with Crippen molar-refractivity contribution in [3.05, 3.63) is 64.4 Å². The van der Waals surface area contributed by atoms with Gasteiger partial charge in [-0.2, -0.15) is 0 Å². The van der Waals surface area contributed by atoms with E-state index < -0.39 is 0 Å². The minimum Gasteiger partial charge on any atom is -0.305 e.